The van der Waals surface area contributed by atoms with Crippen molar-refractivity contribution in [3.8, 4) is 0 Å². The summed E-state index contributed by atoms with van der Waals surface area (Å²) in [5.74, 6) is 1.43. The van der Waals surface area contributed by atoms with E-state index in [0.717, 1.165) is 45.0 Å². The highest BCUT2D eigenvalue weighted by Gasteiger charge is 2.25. The topological polar surface area (TPSA) is 58.3 Å². The molecular weight excluding hydrogens is 278 g/mol. The minimum absolute atomic E-state index is 0.198. The Morgan fingerprint density at radius 3 is 2.55 bits per heavy atom. The fraction of sp³-hybridized carbons (Fsp3) is 0.562. The molecular formula is C16H23N5O. The van der Waals surface area contributed by atoms with Gasteiger partial charge in [0.2, 0.25) is 5.89 Å². The number of aryl methyl sites for hydroxylation is 1. The predicted octanol–water partition coefficient (Wildman–Crippen LogP) is 1.69. The van der Waals surface area contributed by atoms with Crippen LogP contribution < -0.4 is 0 Å². The fourth-order valence-electron chi connectivity index (χ4n) is 2.85. The van der Waals surface area contributed by atoms with E-state index in [1.54, 1.807) is 0 Å². The van der Waals surface area contributed by atoms with Crippen LogP contribution in [0.4, 0.5) is 0 Å². The number of pyridine rings is 1. The first-order valence-corrected chi connectivity index (χ1v) is 7.88. The standard InChI is InChI=1S/C16H23N5O/c1-13(16-18-14(2)19-22-16)21-11-9-20(10-12-21)8-5-15-3-6-17-7-4-15/h3-4,6-7,13H,5,8-12H2,1-2H3/t13-/m0/s1. The first kappa shape index (κ1) is 15.1. The summed E-state index contributed by atoms with van der Waals surface area (Å²) in [6.07, 6.45) is 4.81. The number of hydrogen-bond acceptors (Lipinski definition) is 6. The van der Waals surface area contributed by atoms with Crippen molar-refractivity contribution < 1.29 is 4.52 Å². The summed E-state index contributed by atoms with van der Waals surface area (Å²) in [6.45, 7) is 9.35. The highest BCUT2D eigenvalue weighted by molar-refractivity contribution is 5.10. The van der Waals surface area contributed by atoms with E-state index in [-0.39, 0.29) is 6.04 Å². The average molecular weight is 301 g/mol. The summed E-state index contributed by atoms with van der Waals surface area (Å²) in [4.78, 5) is 13.3. The van der Waals surface area contributed by atoms with Gasteiger partial charge in [0.15, 0.2) is 5.82 Å². The summed E-state index contributed by atoms with van der Waals surface area (Å²) >= 11 is 0. The third-order valence-corrected chi connectivity index (χ3v) is 4.32. The molecule has 1 fully saturated rings. The molecule has 1 aliphatic heterocycles. The van der Waals surface area contributed by atoms with Crippen molar-refractivity contribution in [3.63, 3.8) is 0 Å². The number of nitrogens with zero attached hydrogens (tertiary/aromatic N) is 5. The van der Waals surface area contributed by atoms with Gasteiger partial charge in [-0.15, -0.1) is 0 Å². The molecule has 0 N–H and O–H groups in total. The molecule has 0 bridgehead atoms. The van der Waals surface area contributed by atoms with Crippen LogP contribution in [0.1, 0.15) is 30.2 Å². The molecule has 1 atom stereocenters. The minimum Gasteiger partial charge on any atom is -0.338 e. The average Bonchev–Trinajstić information content (AvgIpc) is 3.00. The van der Waals surface area contributed by atoms with Crippen LogP contribution in [0.2, 0.25) is 0 Å². The second-order valence-corrected chi connectivity index (χ2v) is 5.84. The molecule has 6 nitrogen and oxygen atoms in total. The molecule has 118 valence electrons. The summed E-state index contributed by atoms with van der Waals surface area (Å²) in [5, 5.41) is 3.88. The molecule has 22 heavy (non-hydrogen) atoms. The number of hydrogen-bond donors (Lipinski definition) is 0. The van der Waals surface area contributed by atoms with Gasteiger partial charge in [-0.1, -0.05) is 5.16 Å². The van der Waals surface area contributed by atoms with E-state index < -0.39 is 0 Å². The van der Waals surface area contributed by atoms with Crippen molar-refractivity contribution in [2.24, 2.45) is 0 Å². The Kier molecular flexibility index (Phi) is 4.80. The van der Waals surface area contributed by atoms with Gasteiger partial charge in [0, 0.05) is 45.1 Å². The summed E-state index contributed by atoms with van der Waals surface area (Å²) in [6, 6.07) is 4.38. The van der Waals surface area contributed by atoms with Crippen LogP contribution >= 0.6 is 0 Å². The van der Waals surface area contributed by atoms with Gasteiger partial charge < -0.3 is 9.42 Å². The molecule has 1 saturated heterocycles. The van der Waals surface area contributed by atoms with Crippen LogP contribution in [0.3, 0.4) is 0 Å². The van der Waals surface area contributed by atoms with Crippen molar-refractivity contribution >= 4 is 0 Å². The zero-order valence-corrected chi connectivity index (χ0v) is 13.3. The lowest BCUT2D eigenvalue weighted by atomic mass is 10.1. The fourth-order valence-corrected chi connectivity index (χ4v) is 2.85. The van der Waals surface area contributed by atoms with Crippen LogP contribution in [0, 0.1) is 6.92 Å². The van der Waals surface area contributed by atoms with E-state index in [0.29, 0.717) is 5.82 Å². The molecule has 0 saturated carbocycles. The largest absolute Gasteiger partial charge is 0.338 e. The maximum absolute atomic E-state index is 5.29. The van der Waals surface area contributed by atoms with Gasteiger partial charge in [0.05, 0.1) is 6.04 Å². The molecule has 2 aromatic rings. The molecule has 0 aliphatic carbocycles. The zero-order valence-electron chi connectivity index (χ0n) is 13.3. The molecule has 0 unspecified atom stereocenters. The maximum atomic E-state index is 5.29. The van der Waals surface area contributed by atoms with Crippen LogP contribution in [0.5, 0.6) is 0 Å². The predicted molar refractivity (Wildman–Crippen MR) is 83.4 cm³/mol. The van der Waals surface area contributed by atoms with Crippen LogP contribution in [0.15, 0.2) is 29.0 Å². The van der Waals surface area contributed by atoms with Gasteiger partial charge in [-0.05, 0) is 38.0 Å². The van der Waals surface area contributed by atoms with E-state index in [9.17, 15) is 0 Å². The van der Waals surface area contributed by atoms with E-state index in [4.69, 9.17) is 4.52 Å². The van der Waals surface area contributed by atoms with Gasteiger partial charge in [-0.25, -0.2) is 0 Å². The monoisotopic (exact) mass is 301 g/mol. The second kappa shape index (κ2) is 6.98. The highest BCUT2D eigenvalue weighted by atomic mass is 16.5. The molecule has 2 aromatic heterocycles. The van der Waals surface area contributed by atoms with Crippen molar-refractivity contribution in [1.82, 2.24) is 24.9 Å². The number of aromatic nitrogens is 3. The molecule has 3 rings (SSSR count). The molecule has 0 aromatic carbocycles. The van der Waals surface area contributed by atoms with Gasteiger partial charge in [-0.3, -0.25) is 9.88 Å². The van der Waals surface area contributed by atoms with E-state index in [2.05, 4.69) is 44.0 Å². The normalized spacial score (nSPS) is 18.5. The Labute approximate surface area is 131 Å². The zero-order chi connectivity index (χ0) is 15.4. The molecule has 0 radical (unpaired) electrons. The lowest BCUT2D eigenvalue weighted by molar-refractivity contribution is 0.0890. The summed E-state index contributed by atoms with van der Waals surface area (Å²) in [5.41, 5.74) is 1.35. The molecule has 6 heteroatoms. The summed E-state index contributed by atoms with van der Waals surface area (Å²) < 4.78 is 5.29. The van der Waals surface area contributed by atoms with Gasteiger partial charge >= 0.3 is 0 Å². The first-order chi connectivity index (χ1) is 10.7. The molecule has 3 heterocycles. The maximum Gasteiger partial charge on any atom is 0.243 e. The smallest absolute Gasteiger partial charge is 0.243 e. The Balaban J connectivity index is 1.46. The second-order valence-electron chi connectivity index (χ2n) is 5.84. The number of piperazine rings is 1. The third kappa shape index (κ3) is 3.69. The van der Waals surface area contributed by atoms with Crippen molar-refractivity contribution in [3.05, 3.63) is 41.8 Å². The van der Waals surface area contributed by atoms with Crippen LogP contribution in [0.25, 0.3) is 0 Å². The van der Waals surface area contributed by atoms with Crippen molar-refractivity contribution in [1.29, 1.82) is 0 Å². The highest BCUT2D eigenvalue weighted by Crippen LogP contribution is 2.20. The Morgan fingerprint density at radius 2 is 1.91 bits per heavy atom. The summed E-state index contributed by atoms with van der Waals surface area (Å²) in [7, 11) is 0. The van der Waals surface area contributed by atoms with E-state index in [1.807, 2.05) is 19.3 Å². The number of rotatable bonds is 5. The Morgan fingerprint density at radius 1 is 1.18 bits per heavy atom. The lowest BCUT2D eigenvalue weighted by Gasteiger charge is -2.36. The van der Waals surface area contributed by atoms with E-state index >= 15 is 0 Å². The van der Waals surface area contributed by atoms with Gasteiger partial charge in [0.25, 0.3) is 0 Å². The Hall–Kier alpha value is -1.79. The molecule has 0 spiro atoms. The van der Waals surface area contributed by atoms with Gasteiger partial charge in [-0.2, -0.15) is 4.98 Å². The SMILES string of the molecule is Cc1noc([C@H](C)N2CCN(CCc3ccncc3)CC2)n1. The first-order valence-electron chi connectivity index (χ1n) is 7.88. The third-order valence-electron chi connectivity index (χ3n) is 4.32. The van der Waals surface area contributed by atoms with Crippen molar-refractivity contribution in [2.75, 3.05) is 32.7 Å². The van der Waals surface area contributed by atoms with Crippen LogP contribution in [-0.4, -0.2) is 57.6 Å². The minimum atomic E-state index is 0.198. The Bertz CT molecular complexity index is 577. The van der Waals surface area contributed by atoms with Gasteiger partial charge in [0.1, 0.15) is 0 Å². The van der Waals surface area contributed by atoms with Crippen LogP contribution in [-0.2, 0) is 6.42 Å². The lowest BCUT2D eigenvalue weighted by Crippen LogP contribution is -2.47. The molecule has 0 amide bonds. The quantitative estimate of drug-likeness (QED) is 0.837. The van der Waals surface area contributed by atoms with Crippen molar-refractivity contribution in [2.45, 2.75) is 26.3 Å². The molecule has 1 aliphatic rings. The van der Waals surface area contributed by atoms with E-state index in [1.165, 1.54) is 5.56 Å².